The predicted molar refractivity (Wildman–Crippen MR) is 110 cm³/mol. The third kappa shape index (κ3) is 4.02. The Morgan fingerprint density at radius 3 is 2.97 bits per heavy atom. The molecule has 0 saturated carbocycles. The minimum atomic E-state index is -0.478. The van der Waals surface area contributed by atoms with E-state index in [2.05, 4.69) is 20.3 Å². The average molecular weight is 427 g/mol. The van der Waals surface area contributed by atoms with Crippen LogP contribution in [0.25, 0.3) is 10.2 Å². The van der Waals surface area contributed by atoms with Crippen molar-refractivity contribution in [3.8, 4) is 0 Å². The lowest BCUT2D eigenvalue weighted by Crippen LogP contribution is -2.43. The Balaban J connectivity index is 1.65. The Hall–Kier alpha value is -2.95. The second kappa shape index (κ2) is 8.82. The molecule has 0 spiro atoms. The molecule has 156 valence electrons. The molecule has 4 heterocycles. The largest absolute Gasteiger partial charge is 0.395 e. The number of nitrogens with one attached hydrogen (secondary N) is 1. The second-order valence-corrected chi connectivity index (χ2v) is 7.83. The highest BCUT2D eigenvalue weighted by Gasteiger charge is 2.32. The summed E-state index contributed by atoms with van der Waals surface area (Å²) in [6.07, 6.45) is 4.23. The zero-order chi connectivity index (χ0) is 21.1. The maximum absolute atomic E-state index is 12.9. The fourth-order valence-electron chi connectivity index (χ4n) is 3.36. The molecule has 3 aromatic rings. The SMILES string of the molecule is Cc1cnc(C(=O)N2CCO[C@H](c3c(C(=O)NCCO)sc4ncccc34)C2)cn1. The summed E-state index contributed by atoms with van der Waals surface area (Å²) in [6.45, 7) is 2.87. The number of rotatable bonds is 5. The molecule has 1 fully saturated rings. The normalized spacial score (nSPS) is 16.6. The summed E-state index contributed by atoms with van der Waals surface area (Å²) in [4.78, 5) is 41.2. The Kier molecular flexibility index (Phi) is 5.98. The zero-order valence-electron chi connectivity index (χ0n) is 16.4. The lowest BCUT2D eigenvalue weighted by molar-refractivity contribution is -0.0224. The Labute approximate surface area is 176 Å². The van der Waals surface area contributed by atoms with Crippen molar-refractivity contribution in [2.75, 3.05) is 32.8 Å². The molecular weight excluding hydrogens is 406 g/mol. The lowest BCUT2D eigenvalue weighted by atomic mass is 10.0. The first kappa shape index (κ1) is 20.3. The third-order valence-electron chi connectivity index (χ3n) is 4.78. The van der Waals surface area contributed by atoms with Crippen molar-refractivity contribution in [2.24, 2.45) is 0 Å². The van der Waals surface area contributed by atoms with Crippen molar-refractivity contribution in [3.05, 3.63) is 52.6 Å². The quantitative estimate of drug-likeness (QED) is 0.631. The van der Waals surface area contributed by atoms with E-state index in [1.54, 1.807) is 17.3 Å². The minimum absolute atomic E-state index is 0.149. The molecule has 0 bridgehead atoms. The highest BCUT2D eigenvalue weighted by atomic mass is 32.1. The second-order valence-electron chi connectivity index (χ2n) is 6.83. The van der Waals surface area contributed by atoms with Gasteiger partial charge in [0.25, 0.3) is 11.8 Å². The first-order valence-electron chi connectivity index (χ1n) is 9.54. The molecule has 1 aliphatic heterocycles. The van der Waals surface area contributed by atoms with Crippen molar-refractivity contribution in [1.29, 1.82) is 0 Å². The van der Waals surface area contributed by atoms with Gasteiger partial charge in [-0.1, -0.05) is 6.07 Å². The van der Waals surface area contributed by atoms with E-state index >= 15 is 0 Å². The van der Waals surface area contributed by atoms with Gasteiger partial charge in [-0.2, -0.15) is 0 Å². The van der Waals surface area contributed by atoms with Gasteiger partial charge in [0.05, 0.1) is 31.6 Å². The molecule has 2 amide bonds. The van der Waals surface area contributed by atoms with Crippen LogP contribution in [0.3, 0.4) is 0 Å². The van der Waals surface area contributed by atoms with Gasteiger partial charge >= 0.3 is 0 Å². The van der Waals surface area contributed by atoms with E-state index in [4.69, 9.17) is 9.84 Å². The lowest BCUT2D eigenvalue weighted by Gasteiger charge is -2.33. The van der Waals surface area contributed by atoms with Gasteiger partial charge in [-0.3, -0.25) is 14.6 Å². The number of amides is 2. The van der Waals surface area contributed by atoms with Crippen LogP contribution in [0.2, 0.25) is 0 Å². The van der Waals surface area contributed by atoms with Crippen LogP contribution >= 0.6 is 11.3 Å². The number of hydrogen-bond acceptors (Lipinski definition) is 8. The molecule has 0 unspecified atom stereocenters. The fraction of sp³-hybridized carbons (Fsp3) is 0.350. The Bertz CT molecular complexity index is 1070. The van der Waals surface area contributed by atoms with Crippen LogP contribution in [0.5, 0.6) is 0 Å². The first-order valence-corrected chi connectivity index (χ1v) is 10.4. The van der Waals surface area contributed by atoms with Crippen LogP contribution in [-0.2, 0) is 4.74 Å². The van der Waals surface area contributed by atoms with E-state index in [9.17, 15) is 9.59 Å². The Morgan fingerprint density at radius 2 is 2.20 bits per heavy atom. The smallest absolute Gasteiger partial charge is 0.274 e. The molecule has 3 aromatic heterocycles. The molecule has 0 aliphatic carbocycles. The summed E-state index contributed by atoms with van der Waals surface area (Å²) in [5.41, 5.74) is 1.73. The van der Waals surface area contributed by atoms with Crippen LogP contribution in [0.15, 0.2) is 30.7 Å². The van der Waals surface area contributed by atoms with Crippen molar-refractivity contribution in [3.63, 3.8) is 0 Å². The number of carbonyl (C=O) groups excluding carboxylic acids is 2. The minimum Gasteiger partial charge on any atom is -0.395 e. The van der Waals surface area contributed by atoms with Gasteiger partial charge in [-0.25, -0.2) is 9.97 Å². The molecule has 1 aliphatic rings. The number of aliphatic hydroxyl groups is 1. The van der Waals surface area contributed by atoms with E-state index in [-0.39, 0.29) is 37.2 Å². The van der Waals surface area contributed by atoms with E-state index in [0.29, 0.717) is 23.6 Å². The van der Waals surface area contributed by atoms with E-state index < -0.39 is 6.10 Å². The standard InChI is InChI=1S/C20H21N5O4S/c1-12-9-24-14(10-23-12)20(28)25-6-8-29-15(11-25)16-13-3-2-4-22-19(13)30-17(16)18(27)21-5-7-26/h2-4,9-10,15,26H,5-8,11H2,1H3,(H,21,27)/t15-/m0/s1. The number of nitrogens with zero attached hydrogens (tertiary/aromatic N) is 4. The maximum Gasteiger partial charge on any atom is 0.274 e. The summed E-state index contributed by atoms with van der Waals surface area (Å²) in [7, 11) is 0. The molecule has 0 aromatic carbocycles. The number of ether oxygens (including phenoxy) is 1. The number of aliphatic hydroxyl groups excluding tert-OH is 1. The first-order chi connectivity index (χ1) is 14.6. The number of hydrogen-bond donors (Lipinski definition) is 2. The summed E-state index contributed by atoms with van der Waals surface area (Å²) in [6, 6.07) is 3.70. The van der Waals surface area contributed by atoms with Crippen LogP contribution in [0, 0.1) is 6.92 Å². The average Bonchev–Trinajstić information content (AvgIpc) is 3.17. The molecule has 0 radical (unpaired) electrons. The van der Waals surface area contributed by atoms with Gasteiger partial charge in [-0.05, 0) is 13.0 Å². The highest BCUT2D eigenvalue weighted by Crippen LogP contribution is 2.37. The molecule has 1 saturated heterocycles. The topological polar surface area (TPSA) is 118 Å². The number of aromatic nitrogens is 3. The fourth-order valence-corrected chi connectivity index (χ4v) is 4.47. The van der Waals surface area contributed by atoms with Crippen LogP contribution < -0.4 is 5.32 Å². The van der Waals surface area contributed by atoms with Crippen molar-refractivity contribution in [2.45, 2.75) is 13.0 Å². The van der Waals surface area contributed by atoms with Gasteiger partial charge in [0, 0.05) is 36.4 Å². The van der Waals surface area contributed by atoms with Gasteiger partial charge in [0.15, 0.2) is 0 Å². The van der Waals surface area contributed by atoms with Gasteiger partial charge in [0.2, 0.25) is 0 Å². The van der Waals surface area contributed by atoms with Crippen molar-refractivity contribution < 1.29 is 19.4 Å². The molecule has 2 N–H and O–H groups in total. The summed E-state index contributed by atoms with van der Waals surface area (Å²) in [5.74, 6) is -0.516. The number of carbonyl (C=O) groups is 2. The third-order valence-corrected chi connectivity index (χ3v) is 5.91. The highest BCUT2D eigenvalue weighted by molar-refractivity contribution is 7.20. The van der Waals surface area contributed by atoms with E-state index in [0.717, 1.165) is 15.9 Å². The van der Waals surface area contributed by atoms with Gasteiger partial charge < -0.3 is 20.1 Å². The number of fused-ring (bicyclic) bond motifs is 1. The number of morpholine rings is 1. The van der Waals surface area contributed by atoms with E-state index in [1.807, 2.05) is 19.1 Å². The Morgan fingerprint density at radius 1 is 1.33 bits per heavy atom. The van der Waals surface area contributed by atoms with Crippen molar-refractivity contribution in [1.82, 2.24) is 25.2 Å². The molecule has 10 heteroatoms. The molecule has 30 heavy (non-hydrogen) atoms. The number of pyridine rings is 1. The van der Waals surface area contributed by atoms with E-state index in [1.165, 1.54) is 17.5 Å². The van der Waals surface area contributed by atoms with Crippen LogP contribution in [-0.4, -0.2) is 69.6 Å². The molecular formula is C20H21N5O4S. The maximum atomic E-state index is 12.9. The molecule has 4 rings (SSSR count). The summed E-state index contributed by atoms with van der Waals surface area (Å²) < 4.78 is 5.98. The molecule has 9 nitrogen and oxygen atoms in total. The monoisotopic (exact) mass is 427 g/mol. The van der Waals surface area contributed by atoms with Crippen molar-refractivity contribution >= 4 is 33.4 Å². The summed E-state index contributed by atoms with van der Waals surface area (Å²) >= 11 is 1.27. The van der Waals surface area contributed by atoms with Crippen LogP contribution in [0.4, 0.5) is 0 Å². The predicted octanol–water partition coefficient (Wildman–Crippen LogP) is 1.33. The number of thiophene rings is 1. The van der Waals surface area contributed by atoms with Gasteiger partial charge in [0.1, 0.15) is 21.5 Å². The van der Waals surface area contributed by atoms with Gasteiger partial charge in [-0.15, -0.1) is 11.3 Å². The van der Waals surface area contributed by atoms with Crippen LogP contribution in [0.1, 0.15) is 37.5 Å². The molecule has 1 atom stereocenters. The zero-order valence-corrected chi connectivity index (χ0v) is 17.2. The summed E-state index contributed by atoms with van der Waals surface area (Å²) in [5, 5.41) is 12.6. The number of aryl methyl sites for hydroxylation is 1.